The van der Waals surface area contributed by atoms with Crippen LogP contribution in [0.4, 0.5) is 0 Å². The van der Waals surface area contributed by atoms with Crippen LogP contribution in [-0.4, -0.2) is 30.2 Å². The second-order valence-electron chi connectivity index (χ2n) is 6.29. The topological polar surface area (TPSA) is 84.9 Å². The molecule has 126 valence electrons. The van der Waals surface area contributed by atoms with E-state index in [1.54, 1.807) is 13.8 Å². The molecule has 1 heterocycles. The van der Waals surface area contributed by atoms with Crippen molar-refractivity contribution in [2.45, 2.75) is 39.7 Å². The van der Waals surface area contributed by atoms with E-state index >= 15 is 0 Å². The lowest BCUT2D eigenvalue weighted by molar-refractivity contribution is -0.138. The van der Waals surface area contributed by atoms with Gasteiger partial charge in [0.25, 0.3) is 0 Å². The molecular formula is C17H23NO5. The maximum absolute atomic E-state index is 12.2. The molecule has 1 aliphatic rings. The van der Waals surface area contributed by atoms with Crippen LogP contribution in [0.3, 0.4) is 0 Å². The normalized spacial score (nSPS) is 14.0. The summed E-state index contributed by atoms with van der Waals surface area (Å²) in [6.45, 7) is 5.12. The monoisotopic (exact) mass is 321 g/mol. The number of amides is 1. The molecule has 23 heavy (non-hydrogen) atoms. The third-order valence-corrected chi connectivity index (χ3v) is 3.84. The van der Waals surface area contributed by atoms with Gasteiger partial charge in [-0.3, -0.25) is 9.59 Å². The average Bonchev–Trinajstić information content (AvgIpc) is 2.75. The summed E-state index contributed by atoms with van der Waals surface area (Å²) in [5.41, 5.74) is 0.195. The zero-order valence-corrected chi connectivity index (χ0v) is 13.6. The predicted molar refractivity (Wildman–Crippen MR) is 84.5 cm³/mol. The lowest BCUT2D eigenvalue weighted by Gasteiger charge is -2.22. The van der Waals surface area contributed by atoms with Crippen LogP contribution in [0.1, 0.15) is 38.7 Å². The SMILES string of the molecule is CC(C)(CCC(=O)O)C(=O)NCc1ccc2c(c1)OCCCO2. The first-order chi connectivity index (χ1) is 10.9. The summed E-state index contributed by atoms with van der Waals surface area (Å²) in [7, 11) is 0. The Bertz CT molecular complexity index is 582. The highest BCUT2D eigenvalue weighted by molar-refractivity contribution is 5.82. The van der Waals surface area contributed by atoms with Gasteiger partial charge in [0, 0.05) is 24.8 Å². The number of nitrogens with one attached hydrogen (secondary N) is 1. The molecule has 6 nitrogen and oxygen atoms in total. The molecular weight excluding hydrogens is 298 g/mol. The fourth-order valence-corrected chi connectivity index (χ4v) is 2.27. The summed E-state index contributed by atoms with van der Waals surface area (Å²) in [5.74, 6) is 0.360. The number of benzene rings is 1. The van der Waals surface area contributed by atoms with Gasteiger partial charge in [-0.25, -0.2) is 0 Å². The van der Waals surface area contributed by atoms with E-state index < -0.39 is 11.4 Å². The summed E-state index contributed by atoms with van der Waals surface area (Å²) in [5, 5.41) is 11.6. The van der Waals surface area contributed by atoms with Gasteiger partial charge in [-0.15, -0.1) is 0 Å². The highest BCUT2D eigenvalue weighted by Crippen LogP contribution is 2.30. The minimum Gasteiger partial charge on any atom is -0.490 e. The first kappa shape index (κ1) is 17.1. The average molecular weight is 321 g/mol. The number of carboxylic acid groups (broad SMARTS) is 1. The van der Waals surface area contributed by atoms with Crippen LogP contribution >= 0.6 is 0 Å². The number of hydrogen-bond acceptors (Lipinski definition) is 4. The Morgan fingerprint density at radius 1 is 1.22 bits per heavy atom. The van der Waals surface area contributed by atoms with Gasteiger partial charge in [-0.1, -0.05) is 19.9 Å². The lowest BCUT2D eigenvalue weighted by Crippen LogP contribution is -2.36. The van der Waals surface area contributed by atoms with Crippen molar-refractivity contribution in [1.82, 2.24) is 5.32 Å². The Kier molecular flexibility index (Phi) is 5.47. The molecule has 2 N–H and O–H groups in total. The molecule has 6 heteroatoms. The van der Waals surface area contributed by atoms with Crippen molar-refractivity contribution in [1.29, 1.82) is 0 Å². The molecule has 2 rings (SSSR count). The van der Waals surface area contributed by atoms with Gasteiger partial charge in [0.05, 0.1) is 13.2 Å². The number of fused-ring (bicyclic) bond motifs is 1. The number of ether oxygens (including phenoxy) is 2. The number of aliphatic carboxylic acids is 1. The molecule has 0 aliphatic carbocycles. The molecule has 1 aromatic rings. The molecule has 0 saturated carbocycles. The minimum absolute atomic E-state index is 0.0234. The molecule has 0 radical (unpaired) electrons. The molecule has 0 unspecified atom stereocenters. The second-order valence-corrected chi connectivity index (χ2v) is 6.29. The van der Waals surface area contributed by atoms with Crippen LogP contribution in [0.5, 0.6) is 11.5 Å². The maximum atomic E-state index is 12.2. The zero-order chi connectivity index (χ0) is 16.9. The van der Waals surface area contributed by atoms with Crippen molar-refractivity contribution in [2.75, 3.05) is 13.2 Å². The van der Waals surface area contributed by atoms with Crippen molar-refractivity contribution in [2.24, 2.45) is 5.41 Å². The third-order valence-electron chi connectivity index (χ3n) is 3.84. The second kappa shape index (κ2) is 7.35. The van der Waals surface area contributed by atoms with Crippen molar-refractivity contribution < 1.29 is 24.2 Å². The zero-order valence-electron chi connectivity index (χ0n) is 13.6. The minimum atomic E-state index is -0.895. The van der Waals surface area contributed by atoms with Crippen molar-refractivity contribution >= 4 is 11.9 Å². The third kappa shape index (κ3) is 4.87. The van der Waals surface area contributed by atoms with Crippen LogP contribution in [0.15, 0.2) is 18.2 Å². The van der Waals surface area contributed by atoms with Gasteiger partial charge in [0.15, 0.2) is 11.5 Å². The highest BCUT2D eigenvalue weighted by atomic mass is 16.5. The first-order valence-corrected chi connectivity index (χ1v) is 7.77. The fraction of sp³-hybridized carbons (Fsp3) is 0.529. The number of hydrogen-bond donors (Lipinski definition) is 2. The van der Waals surface area contributed by atoms with Crippen LogP contribution in [0.2, 0.25) is 0 Å². The van der Waals surface area contributed by atoms with Crippen LogP contribution in [0, 0.1) is 5.41 Å². The van der Waals surface area contributed by atoms with Gasteiger partial charge in [0.2, 0.25) is 5.91 Å². The Morgan fingerprint density at radius 3 is 2.61 bits per heavy atom. The van der Waals surface area contributed by atoms with Crippen LogP contribution in [0.25, 0.3) is 0 Å². The van der Waals surface area contributed by atoms with E-state index in [0.717, 1.165) is 17.7 Å². The molecule has 0 fully saturated rings. The molecule has 0 bridgehead atoms. The lowest BCUT2D eigenvalue weighted by atomic mass is 9.86. The Labute approximate surface area is 135 Å². The van der Waals surface area contributed by atoms with Crippen molar-refractivity contribution in [3.63, 3.8) is 0 Å². The Balaban J connectivity index is 1.93. The van der Waals surface area contributed by atoms with Crippen molar-refractivity contribution in [3.05, 3.63) is 23.8 Å². The van der Waals surface area contributed by atoms with E-state index in [-0.39, 0.29) is 12.3 Å². The molecule has 0 atom stereocenters. The summed E-state index contributed by atoms with van der Waals surface area (Å²) >= 11 is 0. The quantitative estimate of drug-likeness (QED) is 0.840. The van der Waals surface area contributed by atoms with E-state index in [1.165, 1.54) is 0 Å². The molecule has 1 aliphatic heterocycles. The summed E-state index contributed by atoms with van der Waals surface area (Å²) in [6.07, 6.45) is 1.12. The molecule has 0 aromatic heterocycles. The van der Waals surface area contributed by atoms with Crippen LogP contribution in [-0.2, 0) is 16.1 Å². The van der Waals surface area contributed by atoms with Gasteiger partial charge in [-0.05, 0) is 24.1 Å². The highest BCUT2D eigenvalue weighted by Gasteiger charge is 2.28. The predicted octanol–water partition coefficient (Wildman–Crippen LogP) is 2.36. The number of carbonyl (C=O) groups is 2. The molecule has 1 amide bonds. The molecule has 0 spiro atoms. The summed E-state index contributed by atoms with van der Waals surface area (Å²) < 4.78 is 11.2. The van der Waals surface area contributed by atoms with Gasteiger partial charge in [-0.2, -0.15) is 0 Å². The smallest absolute Gasteiger partial charge is 0.303 e. The largest absolute Gasteiger partial charge is 0.490 e. The Hall–Kier alpha value is -2.24. The van der Waals surface area contributed by atoms with E-state index in [1.807, 2.05) is 18.2 Å². The van der Waals surface area contributed by atoms with E-state index in [9.17, 15) is 9.59 Å². The van der Waals surface area contributed by atoms with E-state index in [4.69, 9.17) is 14.6 Å². The Morgan fingerprint density at radius 2 is 1.91 bits per heavy atom. The molecule has 0 saturated heterocycles. The van der Waals surface area contributed by atoms with E-state index in [2.05, 4.69) is 5.32 Å². The fourth-order valence-electron chi connectivity index (χ4n) is 2.27. The number of carboxylic acids is 1. The number of carbonyl (C=O) groups excluding carboxylic acids is 1. The van der Waals surface area contributed by atoms with Crippen LogP contribution < -0.4 is 14.8 Å². The van der Waals surface area contributed by atoms with Gasteiger partial charge < -0.3 is 19.9 Å². The van der Waals surface area contributed by atoms with Gasteiger partial charge in [0.1, 0.15) is 0 Å². The number of rotatable bonds is 6. The summed E-state index contributed by atoms with van der Waals surface area (Å²) in [6, 6.07) is 5.60. The first-order valence-electron chi connectivity index (χ1n) is 7.77. The molecule has 1 aromatic carbocycles. The standard InChI is InChI=1S/C17H23NO5/c1-17(2,7-6-15(19)20)16(21)18-11-12-4-5-13-14(10-12)23-9-3-8-22-13/h4-5,10H,3,6-9,11H2,1-2H3,(H,18,21)(H,19,20). The van der Waals surface area contributed by atoms with E-state index in [0.29, 0.717) is 31.9 Å². The maximum Gasteiger partial charge on any atom is 0.303 e. The van der Waals surface area contributed by atoms with Gasteiger partial charge >= 0.3 is 5.97 Å². The summed E-state index contributed by atoms with van der Waals surface area (Å²) in [4.78, 5) is 22.9. The van der Waals surface area contributed by atoms with Crippen molar-refractivity contribution in [3.8, 4) is 11.5 Å².